The molecule has 0 aromatic carbocycles. The number of nitrogens with zero attached hydrogens (tertiary/aromatic N) is 1. The molecule has 0 aliphatic rings. The van der Waals surface area contributed by atoms with E-state index in [1.165, 1.54) is 0 Å². The molecule has 11 heavy (non-hydrogen) atoms. The molecule has 0 rings (SSSR count). The number of rotatable bonds is 5. The highest BCUT2D eigenvalue weighted by molar-refractivity contribution is 5.52. The number of nitrogens with one attached hydrogen (secondary N) is 2. The summed E-state index contributed by atoms with van der Waals surface area (Å²) in [5.74, 6) is 0. The van der Waals surface area contributed by atoms with Crippen molar-refractivity contribution in [2.45, 2.75) is 20.8 Å². The van der Waals surface area contributed by atoms with Crippen molar-refractivity contribution in [3.05, 3.63) is 11.9 Å². The third-order valence-electron chi connectivity index (χ3n) is 0.862. The van der Waals surface area contributed by atoms with Crippen LogP contribution in [0.4, 0.5) is 0 Å². The Morgan fingerprint density at radius 2 is 2.36 bits per heavy atom. The lowest BCUT2D eigenvalue weighted by atomic mass is 10.6. The Morgan fingerprint density at radius 1 is 1.64 bits per heavy atom. The average Bonchev–Trinajstić information content (AvgIpc) is 2.01. The van der Waals surface area contributed by atoms with E-state index < -0.39 is 0 Å². The molecule has 0 fully saturated rings. The van der Waals surface area contributed by atoms with E-state index in [2.05, 4.69) is 16.0 Å². The largest absolute Gasteiger partial charge is 0.284 e. The molecule has 0 radical (unpaired) electrons. The van der Waals surface area contributed by atoms with Gasteiger partial charge >= 0.3 is 0 Å². The zero-order valence-electron chi connectivity index (χ0n) is 7.22. The quantitative estimate of drug-likeness (QED) is 0.462. The highest BCUT2D eigenvalue weighted by atomic mass is 16.6. The molecule has 0 spiro atoms. The summed E-state index contributed by atoms with van der Waals surface area (Å²) < 4.78 is 0. The van der Waals surface area contributed by atoms with Gasteiger partial charge in [0.05, 0.1) is 12.3 Å². The van der Waals surface area contributed by atoms with Crippen molar-refractivity contribution in [3.63, 3.8) is 0 Å². The molecule has 4 nitrogen and oxygen atoms in total. The van der Waals surface area contributed by atoms with E-state index in [4.69, 9.17) is 4.84 Å². The third-order valence-corrected chi connectivity index (χ3v) is 0.862. The summed E-state index contributed by atoms with van der Waals surface area (Å²) in [5, 5.41) is 3.77. The van der Waals surface area contributed by atoms with Gasteiger partial charge in [-0.2, -0.15) is 5.10 Å². The highest BCUT2D eigenvalue weighted by Gasteiger charge is 1.82. The van der Waals surface area contributed by atoms with Crippen LogP contribution in [-0.4, -0.2) is 12.8 Å². The van der Waals surface area contributed by atoms with Crippen molar-refractivity contribution < 1.29 is 4.84 Å². The summed E-state index contributed by atoms with van der Waals surface area (Å²) >= 11 is 0. The van der Waals surface area contributed by atoms with Gasteiger partial charge in [-0.3, -0.25) is 15.7 Å². The Hall–Kier alpha value is -1.03. The summed E-state index contributed by atoms with van der Waals surface area (Å²) in [4.78, 5) is 4.92. The van der Waals surface area contributed by atoms with Crippen LogP contribution in [0.2, 0.25) is 0 Å². The first-order valence-corrected chi connectivity index (χ1v) is 3.59. The van der Waals surface area contributed by atoms with Crippen LogP contribution in [0.5, 0.6) is 0 Å². The van der Waals surface area contributed by atoms with Gasteiger partial charge < -0.3 is 0 Å². The molecule has 0 saturated carbocycles. The molecule has 64 valence electrons. The van der Waals surface area contributed by atoms with Gasteiger partial charge in [-0.25, -0.2) is 0 Å². The van der Waals surface area contributed by atoms with Gasteiger partial charge in [0.2, 0.25) is 0 Å². The molecule has 0 unspecified atom stereocenters. The third kappa shape index (κ3) is 6.86. The highest BCUT2D eigenvalue weighted by Crippen LogP contribution is 1.82. The summed E-state index contributed by atoms with van der Waals surface area (Å²) in [6.45, 7) is 6.28. The van der Waals surface area contributed by atoms with Crippen molar-refractivity contribution in [2.24, 2.45) is 5.10 Å². The second-order valence-corrected chi connectivity index (χ2v) is 1.88. The Bertz CT molecular complexity index is 143. The molecule has 0 bridgehead atoms. The molecule has 0 atom stereocenters. The predicted molar refractivity (Wildman–Crippen MR) is 45.8 cm³/mol. The number of hydroxylamine groups is 1. The Morgan fingerprint density at radius 3 is 2.91 bits per heavy atom. The summed E-state index contributed by atoms with van der Waals surface area (Å²) in [6, 6.07) is 0. The van der Waals surface area contributed by atoms with Crippen LogP contribution in [0.1, 0.15) is 20.8 Å². The fraction of sp³-hybridized carbons (Fsp3) is 0.571. The van der Waals surface area contributed by atoms with E-state index >= 15 is 0 Å². The molecular weight excluding hydrogens is 142 g/mol. The van der Waals surface area contributed by atoms with E-state index in [-0.39, 0.29) is 0 Å². The maximum atomic E-state index is 4.92. The molecule has 0 aliphatic carbocycles. The van der Waals surface area contributed by atoms with Crippen LogP contribution in [0.15, 0.2) is 17.0 Å². The minimum Gasteiger partial charge on any atom is -0.284 e. The van der Waals surface area contributed by atoms with Gasteiger partial charge in [0.15, 0.2) is 0 Å². The topological polar surface area (TPSA) is 45.7 Å². The zero-order chi connectivity index (χ0) is 8.53. The van der Waals surface area contributed by atoms with Crippen LogP contribution < -0.4 is 10.9 Å². The minimum atomic E-state index is 0.641. The van der Waals surface area contributed by atoms with Crippen LogP contribution in [0.25, 0.3) is 0 Å². The molecule has 0 amide bonds. The van der Waals surface area contributed by atoms with Crippen molar-refractivity contribution in [2.75, 3.05) is 6.61 Å². The second-order valence-electron chi connectivity index (χ2n) is 1.88. The first kappa shape index (κ1) is 9.97. The van der Waals surface area contributed by atoms with Gasteiger partial charge in [-0.05, 0) is 20.8 Å². The zero-order valence-corrected chi connectivity index (χ0v) is 7.22. The number of allylic oxidation sites excluding steroid dienone is 1. The van der Waals surface area contributed by atoms with Crippen LogP contribution >= 0.6 is 0 Å². The van der Waals surface area contributed by atoms with E-state index in [0.717, 1.165) is 5.70 Å². The van der Waals surface area contributed by atoms with Gasteiger partial charge in [-0.15, -0.1) is 0 Å². The van der Waals surface area contributed by atoms with Gasteiger partial charge in [-0.1, -0.05) is 0 Å². The maximum absolute atomic E-state index is 4.92. The molecule has 0 aromatic heterocycles. The second kappa shape index (κ2) is 7.08. The summed E-state index contributed by atoms with van der Waals surface area (Å²) in [7, 11) is 0. The number of hydrogen-bond donors (Lipinski definition) is 2. The van der Waals surface area contributed by atoms with Gasteiger partial charge in [0, 0.05) is 12.4 Å². The first-order valence-electron chi connectivity index (χ1n) is 3.59. The number of hydrogen-bond acceptors (Lipinski definition) is 4. The van der Waals surface area contributed by atoms with Crippen molar-refractivity contribution in [3.8, 4) is 0 Å². The first-order chi connectivity index (χ1) is 5.31. The molecule has 0 aliphatic heterocycles. The van der Waals surface area contributed by atoms with Gasteiger partial charge in [0.25, 0.3) is 0 Å². The van der Waals surface area contributed by atoms with Crippen molar-refractivity contribution in [1.82, 2.24) is 10.9 Å². The molecule has 4 heteroatoms. The monoisotopic (exact) mass is 157 g/mol. The minimum absolute atomic E-state index is 0.641. The van der Waals surface area contributed by atoms with E-state index in [0.29, 0.717) is 6.61 Å². The van der Waals surface area contributed by atoms with E-state index in [1.807, 2.05) is 20.8 Å². The van der Waals surface area contributed by atoms with E-state index in [1.54, 1.807) is 12.4 Å². The Balaban J connectivity index is 3.45. The molecule has 0 saturated heterocycles. The lowest BCUT2D eigenvalue weighted by Crippen LogP contribution is -2.13. The molecule has 2 N–H and O–H groups in total. The lowest BCUT2D eigenvalue weighted by Gasteiger charge is -2.03. The lowest BCUT2D eigenvalue weighted by molar-refractivity contribution is 0.0733. The average molecular weight is 157 g/mol. The van der Waals surface area contributed by atoms with Crippen molar-refractivity contribution >= 4 is 6.21 Å². The molecule has 0 aromatic rings. The van der Waals surface area contributed by atoms with E-state index in [9.17, 15) is 0 Å². The van der Waals surface area contributed by atoms with Crippen molar-refractivity contribution in [1.29, 1.82) is 0 Å². The maximum Gasteiger partial charge on any atom is 0.0717 e. The normalized spacial score (nSPS) is 12.1. The van der Waals surface area contributed by atoms with Gasteiger partial charge in [0.1, 0.15) is 0 Å². The fourth-order valence-corrected chi connectivity index (χ4v) is 0.424. The summed E-state index contributed by atoms with van der Waals surface area (Å²) in [5.41, 5.74) is 6.31. The number of hydrazone groups is 1. The van der Waals surface area contributed by atoms with Crippen LogP contribution in [0.3, 0.4) is 0 Å². The fourth-order valence-electron chi connectivity index (χ4n) is 0.424. The Kier molecular flexibility index (Phi) is 6.42. The Labute approximate surface area is 67.3 Å². The molecule has 0 heterocycles. The standard InChI is InChI=1S/C7H15N3O/c1-4-8-9-6-7(3)10-11-5-2/h4,6,9-10H,5H2,1-3H3/b7-6-,8-4-. The summed E-state index contributed by atoms with van der Waals surface area (Å²) in [6.07, 6.45) is 3.39. The van der Waals surface area contributed by atoms with Crippen LogP contribution in [-0.2, 0) is 4.84 Å². The molecular formula is C7H15N3O. The SMILES string of the molecule is C/C=N\N/C=C(/C)NOCC. The smallest absolute Gasteiger partial charge is 0.0717 e. The van der Waals surface area contributed by atoms with Crippen LogP contribution in [0, 0.1) is 0 Å². The predicted octanol–water partition coefficient (Wildman–Crippen LogP) is 0.984.